The number of alkyl carbamates (subject to hydrolysis) is 1. The Morgan fingerprint density at radius 1 is 1.29 bits per heavy atom. The largest absolute Gasteiger partial charge is 0.444 e. The number of carbonyl (C=O) groups excluding carboxylic acids is 4. The molecule has 1 saturated heterocycles. The molecule has 3 rings (SSSR count). The Labute approximate surface area is 198 Å². The van der Waals surface area contributed by atoms with E-state index in [1.54, 1.807) is 39.0 Å². The Morgan fingerprint density at radius 2 is 2.09 bits per heavy atom. The summed E-state index contributed by atoms with van der Waals surface area (Å²) >= 11 is 0. The first-order valence-corrected chi connectivity index (χ1v) is 11.0. The van der Waals surface area contributed by atoms with Crippen LogP contribution in [0.1, 0.15) is 55.1 Å². The van der Waals surface area contributed by atoms with Crippen LogP contribution in [0.3, 0.4) is 0 Å². The van der Waals surface area contributed by atoms with E-state index in [1.807, 2.05) is 0 Å². The predicted octanol–water partition coefficient (Wildman–Crippen LogP) is 1.31. The molecule has 34 heavy (non-hydrogen) atoms. The van der Waals surface area contributed by atoms with E-state index in [0.717, 1.165) is 0 Å². The molecule has 1 unspecified atom stereocenters. The van der Waals surface area contributed by atoms with Gasteiger partial charge in [0.2, 0.25) is 11.8 Å². The van der Waals surface area contributed by atoms with Gasteiger partial charge in [0, 0.05) is 29.7 Å². The van der Waals surface area contributed by atoms with Crippen molar-refractivity contribution in [1.29, 1.82) is 0 Å². The van der Waals surface area contributed by atoms with E-state index in [-0.39, 0.29) is 57.8 Å². The third-order valence-corrected chi connectivity index (χ3v) is 5.04. The third kappa shape index (κ3) is 6.79. The third-order valence-electron chi connectivity index (χ3n) is 5.04. The fourth-order valence-electron chi connectivity index (χ4n) is 3.52. The summed E-state index contributed by atoms with van der Waals surface area (Å²) in [7, 11) is 0. The molecule has 2 N–H and O–H groups in total. The highest BCUT2D eigenvalue weighted by Crippen LogP contribution is 2.24. The highest BCUT2D eigenvalue weighted by molar-refractivity contribution is 6.04. The molecule has 0 radical (unpaired) electrons. The van der Waals surface area contributed by atoms with Gasteiger partial charge in [0.05, 0.1) is 13.2 Å². The van der Waals surface area contributed by atoms with E-state index >= 15 is 0 Å². The number of carbonyl (C=O) groups is 4. The monoisotopic (exact) mass is 471 g/mol. The molecule has 0 aromatic heterocycles. The molecule has 1 aromatic rings. The summed E-state index contributed by atoms with van der Waals surface area (Å²) < 4.78 is 16.2. The lowest BCUT2D eigenvalue weighted by atomic mass is 9.99. The predicted molar refractivity (Wildman–Crippen MR) is 120 cm³/mol. The van der Waals surface area contributed by atoms with Gasteiger partial charge in [-0.05, 0) is 39.3 Å². The van der Waals surface area contributed by atoms with Gasteiger partial charge in [-0.15, -0.1) is 0 Å². The molecule has 0 bridgehead atoms. The van der Waals surface area contributed by atoms with Crippen molar-refractivity contribution >= 4 is 23.8 Å². The molecule has 0 spiro atoms. The zero-order valence-electron chi connectivity index (χ0n) is 19.6. The van der Waals surface area contributed by atoms with E-state index in [9.17, 15) is 19.2 Å². The number of hydrogen-bond acceptors (Lipinski definition) is 7. The van der Waals surface area contributed by atoms with Crippen molar-refractivity contribution in [2.45, 2.75) is 51.9 Å². The van der Waals surface area contributed by atoms with Gasteiger partial charge in [0.15, 0.2) is 0 Å². The van der Waals surface area contributed by atoms with Crippen LogP contribution in [0.25, 0.3) is 0 Å². The van der Waals surface area contributed by atoms with E-state index in [0.29, 0.717) is 16.7 Å². The van der Waals surface area contributed by atoms with Crippen LogP contribution in [-0.2, 0) is 30.4 Å². The Bertz CT molecular complexity index is 1020. The number of imide groups is 1. The first-order chi connectivity index (χ1) is 16.2. The maximum atomic E-state index is 13.2. The number of fused-ring (bicyclic) bond motifs is 1. The second kappa shape index (κ2) is 11.1. The molecule has 2 aliphatic rings. The maximum Gasteiger partial charge on any atom is 0.407 e. The van der Waals surface area contributed by atoms with Gasteiger partial charge in [-0.25, -0.2) is 4.79 Å². The van der Waals surface area contributed by atoms with Crippen LogP contribution in [0.2, 0.25) is 0 Å². The molecule has 10 heteroatoms. The summed E-state index contributed by atoms with van der Waals surface area (Å²) in [6.07, 6.45) is -0.0780. The number of piperidine rings is 1. The van der Waals surface area contributed by atoms with Gasteiger partial charge in [0.1, 0.15) is 25.0 Å². The molecule has 182 valence electrons. The molecule has 0 saturated carbocycles. The smallest absolute Gasteiger partial charge is 0.407 e. The van der Waals surface area contributed by atoms with Crippen LogP contribution in [-0.4, -0.2) is 66.8 Å². The lowest BCUT2D eigenvalue weighted by Gasteiger charge is -2.31. The second-order valence-electron chi connectivity index (χ2n) is 8.83. The molecule has 2 aliphatic heterocycles. The average Bonchev–Trinajstić information content (AvgIpc) is 2.91. The lowest BCUT2D eigenvalue weighted by molar-refractivity contribution is -0.138. The van der Waals surface area contributed by atoms with Crippen molar-refractivity contribution in [2.75, 3.05) is 26.5 Å². The number of benzene rings is 1. The Kier molecular flexibility index (Phi) is 8.26. The summed E-state index contributed by atoms with van der Waals surface area (Å²) in [6.45, 7) is 6.16. The molecular weight excluding hydrogens is 442 g/mol. The summed E-state index contributed by atoms with van der Waals surface area (Å²) in [6, 6.07) is 4.43. The number of rotatable bonds is 5. The van der Waals surface area contributed by atoms with E-state index in [4.69, 9.17) is 14.2 Å². The van der Waals surface area contributed by atoms with Crippen molar-refractivity contribution in [2.24, 2.45) is 0 Å². The van der Waals surface area contributed by atoms with Gasteiger partial charge in [-0.2, -0.15) is 0 Å². The lowest BCUT2D eigenvalue weighted by Crippen LogP contribution is -2.54. The van der Waals surface area contributed by atoms with Crippen LogP contribution in [0.4, 0.5) is 4.79 Å². The van der Waals surface area contributed by atoms with Crippen molar-refractivity contribution < 1.29 is 33.4 Å². The molecule has 1 aromatic carbocycles. The molecule has 10 nitrogen and oxygen atoms in total. The number of nitrogens with one attached hydrogen (secondary N) is 2. The SMILES string of the molecule is CC(C)(C)OC(=O)NCCOCC#Cc1cccc2c1COCN(C1CCC(=O)NC1=O)C2=O. The quantitative estimate of drug-likeness (QED) is 0.377. The number of hydrogen-bond donors (Lipinski definition) is 2. The van der Waals surface area contributed by atoms with Crippen molar-refractivity contribution in [3.63, 3.8) is 0 Å². The van der Waals surface area contributed by atoms with Gasteiger partial charge in [-0.1, -0.05) is 17.9 Å². The standard InChI is InChI=1S/C24H29N3O7/c1-24(2,3)34-23(31)25-11-13-32-12-5-7-16-6-4-8-17-18(16)14-33-15-27(22(17)30)19-9-10-20(28)26-21(19)29/h4,6,8,19H,9-15H2,1-3H3,(H,25,31)(H,26,28,29). The normalized spacial score (nSPS) is 18.3. The molecule has 2 heterocycles. The molecule has 0 aliphatic carbocycles. The fraction of sp³-hybridized carbons (Fsp3) is 0.500. The van der Waals surface area contributed by atoms with Crippen LogP contribution in [0.5, 0.6) is 0 Å². The summed E-state index contributed by atoms with van der Waals surface area (Å²) in [5.41, 5.74) is 1.12. The van der Waals surface area contributed by atoms with Crippen LogP contribution in [0, 0.1) is 11.8 Å². The van der Waals surface area contributed by atoms with E-state index < -0.39 is 23.6 Å². The average molecular weight is 472 g/mol. The summed E-state index contributed by atoms with van der Waals surface area (Å²) in [4.78, 5) is 49.8. The number of amides is 4. The summed E-state index contributed by atoms with van der Waals surface area (Å²) in [5.74, 6) is 4.73. The van der Waals surface area contributed by atoms with Crippen molar-refractivity contribution in [3.8, 4) is 11.8 Å². The van der Waals surface area contributed by atoms with Crippen LogP contribution >= 0.6 is 0 Å². The minimum Gasteiger partial charge on any atom is -0.444 e. The second-order valence-corrected chi connectivity index (χ2v) is 8.83. The minimum atomic E-state index is -0.756. The Hall–Kier alpha value is -3.42. The van der Waals surface area contributed by atoms with E-state index in [1.165, 1.54) is 4.90 Å². The fourth-order valence-corrected chi connectivity index (χ4v) is 3.52. The maximum absolute atomic E-state index is 13.2. The van der Waals surface area contributed by atoms with Crippen LogP contribution < -0.4 is 10.6 Å². The zero-order valence-corrected chi connectivity index (χ0v) is 19.6. The molecule has 1 fully saturated rings. The van der Waals surface area contributed by atoms with Gasteiger partial charge in [0.25, 0.3) is 5.91 Å². The molecular formula is C24H29N3O7. The van der Waals surface area contributed by atoms with Gasteiger partial charge >= 0.3 is 6.09 Å². The number of ether oxygens (including phenoxy) is 3. The minimum absolute atomic E-state index is 0.0551. The zero-order chi connectivity index (χ0) is 24.7. The highest BCUT2D eigenvalue weighted by Gasteiger charge is 2.37. The first kappa shape index (κ1) is 25.2. The van der Waals surface area contributed by atoms with Gasteiger partial charge in [-0.3, -0.25) is 19.7 Å². The van der Waals surface area contributed by atoms with Crippen molar-refractivity contribution in [1.82, 2.24) is 15.5 Å². The van der Waals surface area contributed by atoms with Crippen LogP contribution in [0.15, 0.2) is 18.2 Å². The Balaban J connectivity index is 1.57. The molecule has 4 amide bonds. The van der Waals surface area contributed by atoms with Crippen molar-refractivity contribution in [3.05, 3.63) is 34.9 Å². The Morgan fingerprint density at radius 3 is 2.82 bits per heavy atom. The van der Waals surface area contributed by atoms with Gasteiger partial charge < -0.3 is 24.4 Å². The highest BCUT2D eigenvalue weighted by atomic mass is 16.6. The number of nitrogens with zero attached hydrogens (tertiary/aromatic N) is 1. The summed E-state index contributed by atoms with van der Waals surface area (Å²) in [5, 5.41) is 4.87. The van der Waals surface area contributed by atoms with E-state index in [2.05, 4.69) is 22.5 Å². The topological polar surface area (TPSA) is 123 Å². The molecule has 1 atom stereocenters. The first-order valence-electron chi connectivity index (χ1n) is 11.0.